The Labute approximate surface area is 114 Å². The third-order valence-electron chi connectivity index (χ3n) is 2.18. The first kappa shape index (κ1) is 18.5. The molecule has 4 nitrogen and oxygen atoms in total. The van der Waals surface area contributed by atoms with Crippen LogP contribution in [-0.4, -0.2) is 22.1 Å². The van der Waals surface area contributed by atoms with Gasteiger partial charge in [-0.1, -0.05) is 19.9 Å². The second kappa shape index (κ2) is 9.22. The van der Waals surface area contributed by atoms with Crippen molar-refractivity contribution in [2.24, 2.45) is 5.92 Å². The quantitative estimate of drug-likeness (QED) is 0.868. The van der Waals surface area contributed by atoms with Crippen LogP contribution >= 0.6 is 24.8 Å². The zero-order chi connectivity index (χ0) is 11.3. The van der Waals surface area contributed by atoms with Crippen molar-refractivity contribution in [3.05, 3.63) is 30.1 Å². The molecule has 0 saturated heterocycles. The monoisotopic (exact) mass is 280 g/mol. The van der Waals surface area contributed by atoms with Gasteiger partial charge in [0.05, 0.1) is 0 Å². The predicted octanol–water partition coefficient (Wildman–Crippen LogP) is 2.12. The van der Waals surface area contributed by atoms with Gasteiger partial charge in [0.2, 0.25) is 0 Å². The molecule has 1 heterocycles. The number of nitrogens with one attached hydrogen (secondary N) is 1. The van der Waals surface area contributed by atoms with Crippen LogP contribution in [0.2, 0.25) is 0 Å². The fourth-order valence-corrected chi connectivity index (χ4v) is 1.34. The van der Waals surface area contributed by atoms with Crippen LogP contribution in [0, 0.1) is 5.92 Å². The lowest BCUT2D eigenvalue weighted by Crippen LogP contribution is -2.40. The number of aromatic nitrogens is 1. The average Bonchev–Trinajstić information content (AvgIpc) is 2.18. The Bertz CT molecular complexity index is 321. The van der Waals surface area contributed by atoms with Crippen LogP contribution in [0.4, 0.5) is 0 Å². The Morgan fingerprint density at radius 2 is 2.12 bits per heavy atom. The van der Waals surface area contributed by atoms with Crippen LogP contribution in [0.1, 0.15) is 19.4 Å². The molecule has 0 bridgehead atoms. The molecule has 0 amide bonds. The molecule has 0 spiro atoms. The predicted molar refractivity (Wildman–Crippen MR) is 71.8 cm³/mol. The van der Waals surface area contributed by atoms with Crippen molar-refractivity contribution < 1.29 is 9.90 Å². The molecule has 6 heteroatoms. The molecule has 2 N–H and O–H groups in total. The Morgan fingerprint density at radius 1 is 1.47 bits per heavy atom. The fourth-order valence-electron chi connectivity index (χ4n) is 1.34. The molecule has 1 unspecified atom stereocenters. The van der Waals surface area contributed by atoms with Gasteiger partial charge < -0.3 is 10.4 Å². The number of carbonyl (C=O) groups is 1. The zero-order valence-corrected chi connectivity index (χ0v) is 11.4. The number of hydrogen-bond acceptors (Lipinski definition) is 3. The summed E-state index contributed by atoms with van der Waals surface area (Å²) in [6, 6.07) is 3.24. The van der Waals surface area contributed by atoms with Crippen molar-refractivity contribution in [3.63, 3.8) is 0 Å². The maximum absolute atomic E-state index is 10.9. The van der Waals surface area contributed by atoms with Crippen molar-refractivity contribution >= 4 is 30.8 Å². The topological polar surface area (TPSA) is 62.2 Å². The average molecular weight is 281 g/mol. The van der Waals surface area contributed by atoms with Crippen molar-refractivity contribution in [2.45, 2.75) is 26.4 Å². The number of pyridine rings is 1. The summed E-state index contributed by atoms with van der Waals surface area (Å²) >= 11 is 0. The lowest BCUT2D eigenvalue weighted by molar-refractivity contribution is -0.140. The van der Waals surface area contributed by atoms with Gasteiger partial charge in [-0.2, -0.15) is 0 Å². The van der Waals surface area contributed by atoms with Gasteiger partial charge in [-0.3, -0.25) is 9.78 Å². The molecule has 0 radical (unpaired) electrons. The van der Waals surface area contributed by atoms with Crippen molar-refractivity contribution in [1.82, 2.24) is 10.3 Å². The van der Waals surface area contributed by atoms with Gasteiger partial charge in [-0.25, -0.2) is 0 Å². The summed E-state index contributed by atoms with van der Waals surface area (Å²) in [5.74, 6) is -0.743. The molecular weight excluding hydrogens is 263 g/mol. The Morgan fingerprint density at radius 3 is 2.53 bits per heavy atom. The van der Waals surface area contributed by atoms with E-state index in [1.54, 1.807) is 12.4 Å². The highest BCUT2D eigenvalue weighted by atomic mass is 35.5. The van der Waals surface area contributed by atoms with Crippen LogP contribution < -0.4 is 5.32 Å². The smallest absolute Gasteiger partial charge is 0.320 e. The third kappa shape index (κ3) is 6.46. The molecule has 0 aromatic carbocycles. The molecule has 1 atom stereocenters. The maximum atomic E-state index is 10.9. The zero-order valence-electron chi connectivity index (χ0n) is 9.79. The fraction of sp³-hybridized carbons (Fsp3) is 0.455. The van der Waals surface area contributed by atoms with E-state index >= 15 is 0 Å². The van der Waals surface area contributed by atoms with Gasteiger partial charge in [-0.05, 0) is 17.5 Å². The van der Waals surface area contributed by atoms with Crippen molar-refractivity contribution in [1.29, 1.82) is 0 Å². The molecule has 17 heavy (non-hydrogen) atoms. The van der Waals surface area contributed by atoms with Gasteiger partial charge in [0.1, 0.15) is 6.04 Å². The van der Waals surface area contributed by atoms with E-state index in [1.165, 1.54) is 0 Å². The van der Waals surface area contributed by atoms with Gasteiger partial charge in [0, 0.05) is 18.9 Å². The van der Waals surface area contributed by atoms with E-state index in [4.69, 9.17) is 5.11 Å². The summed E-state index contributed by atoms with van der Waals surface area (Å²) in [7, 11) is 0. The van der Waals surface area contributed by atoms with E-state index in [9.17, 15) is 4.79 Å². The number of aliphatic carboxylic acids is 1. The summed E-state index contributed by atoms with van der Waals surface area (Å²) in [6.45, 7) is 4.30. The second-order valence-corrected chi connectivity index (χ2v) is 3.80. The second-order valence-electron chi connectivity index (χ2n) is 3.80. The molecule has 0 aliphatic rings. The van der Waals surface area contributed by atoms with Gasteiger partial charge in [-0.15, -0.1) is 24.8 Å². The van der Waals surface area contributed by atoms with Gasteiger partial charge in [0.15, 0.2) is 0 Å². The lowest BCUT2D eigenvalue weighted by Gasteiger charge is -2.17. The largest absolute Gasteiger partial charge is 0.480 e. The summed E-state index contributed by atoms with van der Waals surface area (Å²) in [5.41, 5.74) is 0.990. The number of nitrogens with zero attached hydrogens (tertiary/aromatic N) is 1. The van der Waals surface area contributed by atoms with Crippen LogP contribution in [0.15, 0.2) is 24.5 Å². The molecular formula is C11H18Cl2N2O2. The first-order valence-corrected chi connectivity index (χ1v) is 4.96. The molecule has 1 rings (SSSR count). The van der Waals surface area contributed by atoms with E-state index in [1.807, 2.05) is 26.0 Å². The Kier molecular flexibility index (Phi) is 10.0. The summed E-state index contributed by atoms with van der Waals surface area (Å²) in [4.78, 5) is 14.8. The summed E-state index contributed by atoms with van der Waals surface area (Å²) in [6.07, 6.45) is 3.42. The molecule has 98 valence electrons. The Balaban J connectivity index is 0. The minimum Gasteiger partial charge on any atom is -0.480 e. The highest BCUT2D eigenvalue weighted by Gasteiger charge is 2.20. The van der Waals surface area contributed by atoms with E-state index in [0.717, 1.165) is 5.56 Å². The Hall–Kier alpha value is -0.840. The number of carboxylic acid groups (broad SMARTS) is 1. The number of halogens is 2. The van der Waals surface area contributed by atoms with E-state index in [2.05, 4.69) is 10.3 Å². The molecule has 0 aliphatic heterocycles. The maximum Gasteiger partial charge on any atom is 0.320 e. The number of carboxylic acids is 1. The lowest BCUT2D eigenvalue weighted by atomic mass is 10.0. The normalized spacial score (nSPS) is 11.2. The molecule has 0 saturated carbocycles. The van der Waals surface area contributed by atoms with Crippen LogP contribution in [-0.2, 0) is 11.3 Å². The van der Waals surface area contributed by atoms with Crippen molar-refractivity contribution in [2.75, 3.05) is 0 Å². The molecule has 0 fully saturated rings. The highest BCUT2D eigenvalue weighted by molar-refractivity contribution is 5.85. The summed E-state index contributed by atoms with van der Waals surface area (Å²) < 4.78 is 0. The standard InChI is InChI=1S/C11H16N2O2.2ClH/c1-8(2)10(11(14)15)13-7-9-4-3-5-12-6-9;;/h3-6,8,10,13H,7H2,1-2H3,(H,14,15);2*1H. The van der Waals surface area contributed by atoms with E-state index in [0.29, 0.717) is 6.54 Å². The minimum absolute atomic E-state index is 0. The van der Waals surface area contributed by atoms with E-state index in [-0.39, 0.29) is 30.7 Å². The van der Waals surface area contributed by atoms with Crippen LogP contribution in [0.5, 0.6) is 0 Å². The van der Waals surface area contributed by atoms with Crippen LogP contribution in [0.3, 0.4) is 0 Å². The molecule has 1 aromatic rings. The first-order valence-electron chi connectivity index (χ1n) is 4.96. The highest BCUT2D eigenvalue weighted by Crippen LogP contribution is 2.03. The van der Waals surface area contributed by atoms with Gasteiger partial charge >= 0.3 is 5.97 Å². The number of hydrogen-bond donors (Lipinski definition) is 2. The first-order chi connectivity index (χ1) is 7.11. The SMILES string of the molecule is CC(C)C(NCc1cccnc1)C(=O)O.Cl.Cl. The number of rotatable bonds is 5. The van der Waals surface area contributed by atoms with Crippen LogP contribution in [0.25, 0.3) is 0 Å². The van der Waals surface area contributed by atoms with Gasteiger partial charge in [0.25, 0.3) is 0 Å². The van der Waals surface area contributed by atoms with Crippen molar-refractivity contribution in [3.8, 4) is 0 Å². The molecule has 0 aliphatic carbocycles. The van der Waals surface area contributed by atoms with E-state index < -0.39 is 12.0 Å². The third-order valence-corrected chi connectivity index (χ3v) is 2.18. The minimum atomic E-state index is -0.811. The molecule has 1 aromatic heterocycles. The summed E-state index contributed by atoms with van der Waals surface area (Å²) in [5, 5.41) is 11.9.